The summed E-state index contributed by atoms with van der Waals surface area (Å²) in [6, 6.07) is 11.2. The molecule has 0 spiro atoms. The zero-order chi connectivity index (χ0) is 21.9. The maximum absolute atomic E-state index is 12.7. The first-order chi connectivity index (χ1) is 14.2. The van der Waals surface area contributed by atoms with Crippen molar-refractivity contribution in [2.24, 2.45) is 0 Å². The largest absolute Gasteiger partial charge is 0.469 e. The topological polar surface area (TPSA) is 118 Å². The van der Waals surface area contributed by atoms with Crippen molar-refractivity contribution >= 4 is 50.7 Å². The SMILES string of the molecule is Cc1occc1C(=O)NNC(=O)c1ccc(Cl)c(S(=O)(=O)Nc2ccc(Cl)cc2)c1. The van der Waals surface area contributed by atoms with E-state index in [0.29, 0.717) is 10.8 Å². The van der Waals surface area contributed by atoms with Gasteiger partial charge < -0.3 is 4.42 Å². The number of sulfonamides is 1. The molecule has 1 heterocycles. The number of carbonyl (C=O) groups excluding carboxylic acids is 2. The lowest BCUT2D eigenvalue weighted by Gasteiger charge is -2.12. The molecule has 3 aromatic rings. The van der Waals surface area contributed by atoms with Crippen LogP contribution < -0.4 is 15.6 Å². The molecule has 2 amide bonds. The van der Waals surface area contributed by atoms with Crippen molar-refractivity contribution in [2.45, 2.75) is 11.8 Å². The number of furan rings is 1. The van der Waals surface area contributed by atoms with E-state index in [1.807, 2.05) is 0 Å². The first-order valence-electron chi connectivity index (χ1n) is 8.40. The van der Waals surface area contributed by atoms with E-state index >= 15 is 0 Å². The van der Waals surface area contributed by atoms with Crippen LogP contribution in [0.2, 0.25) is 10.0 Å². The molecule has 11 heteroatoms. The van der Waals surface area contributed by atoms with Crippen molar-refractivity contribution in [3.63, 3.8) is 0 Å². The summed E-state index contributed by atoms with van der Waals surface area (Å²) in [4.78, 5) is 24.1. The maximum atomic E-state index is 12.7. The lowest BCUT2D eigenvalue weighted by atomic mass is 10.2. The second-order valence-corrected chi connectivity index (χ2v) is 8.55. The molecular weight excluding hydrogens is 453 g/mol. The third-order valence-electron chi connectivity index (χ3n) is 3.97. The van der Waals surface area contributed by atoms with Crippen LogP contribution in [0, 0.1) is 6.92 Å². The fraction of sp³-hybridized carbons (Fsp3) is 0.0526. The standard InChI is InChI=1S/C19H15Cl2N3O5S/c1-11-15(8-9-29-11)19(26)23-22-18(25)12-2-7-16(21)17(10-12)30(27,28)24-14-5-3-13(20)4-6-14/h2-10,24H,1H3,(H,22,25)(H,23,26). The van der Waals surface area contributed by atoms with Gasteiger partial charge in [0.2, 0.25) is 0 Å². The Labute approximate surface area is 182 Å². The summed E-state index contributed by atoms with van der Waals surface area (Å²) < 4.78 is 32.8. The molecule has 3 rings (SSSR count). The van der Waals surface area contributed by atoms with Crippen LogP contribution in [0.4, 0.5) is 5.69 Å². The molecule has 0 aliphatic heterocycles. The quantitative estimate of drug-likeness (QED) is 0.493. The first-order valence-corrected chi connectivity index (χ1v) is 10.6. The predicted molar refractivity (Wildman–Crippen MR) is 112 cm³/mol. The van der Waals surface area contributed by atoms with Crippen LogP contribution in [-0.2, 0) is 10.0 Å². The Balaban J connectivity index is 1.76. The predicted octanol–water partition coefficient (Wildman–Crippen LogP) is 3.77. The fourth-order valence-electron chi connectivity index (χ4n) is 2.45. The maximum Gasteiger partial charge on any atom is 0.273 e. The van der Waals surface area contributed by atoms with Gasteiger partial charge >= 0.3 is 0 Å². The fourth-order valence-corrected chi connectivity index (χ4v) is 4.16. The van der Waals surface area contributed by atoms with E-state index in [2.05, 4.69) is 15.6 Å². The molecule has 30 heavy (non-hydrogen) atoms. The molecule has 0 saturated heterocycles. The molecule has 0 atom stereocenters. The highest BCUT2D eigenvalue weighted by Crippen LogP contribution is 2.25. The molecule has 156 valence electrons. The van der Waals surface area contributed by atoms with Crippen molar-refractivity contribution in [1.29, 1.82) is 0 Å². The van der Waals surface area contributed by atoms with Crippen molar-refractivity contribution in [1.82, 2.24) is 10.9 Å². The zero-order valence-corrected chi connectivity index (χ0v) is 17.7. The molecule has 2 aromatic carbocycles. The highest BCUT2D eigenvalue weighted by atomic mass is 35.5. The van der Waals surface area contributed by atoms with Crippen LogP contribution >= 0.6 is 23.2 Å². The molecule has 0 aliphatic carbocycles. The molecule has 1 aromatic heterocycles. The van der Waals surface area contributed by atoms with Gasteiger partial charge in [-0.05, 0) is 55.5 Å². The lowest BCUT2D eigenvalue weighted by Crippen LogP contribution is -2.41. The summed E-state index contributed by atoms with van der Waals surface area (Å²) in [6.45, 7) is 1.60. The van der Waals surface area contributed by atoms with E-state index < -0.39 is 21.8 Å². The lowest BCUT2D eigenvalue weighted by molar-refractivity contribution is 0.0845. The third-order valence-corrected chi connectivity index (χ3v) is 6.09. The average Bonchev–Trinajstić information content (AvgIpc) is 3.13. The number of aryl methyl sites for hydroxylation is 1. The number of benzene rings is 2. The van der Waals surface area contributed by atoms with E-state index in [4.69, 9.17) is 27.6 Å². The number of anilines is 1. The van der Waals surface area contributed by atoms with Crippen LogP contribution in [-0.4, -0.2) is 20.2 Å². The van der Waals surface area contributed by atoms with Gasteiger partial charge in [-0.15, -0.1) is 0 Å². The molecule has 8 nitrogen and oxygen atoms in total. The van der Waals surface area contributed by atoms with Gasteiger partial charge in [-0.1, -0.05) is 23.2 Å². The first kappa shape index (κ1) is 21.7. The van der Waals surface area contributed by atoms with Gasteiger partial charge in [-0.2, -0.15) is 0 Å². The van der Waals surface area contributed by atoms with Crippen LogP contribution in [0.15, 0.2) is 64.1 Å². The number of hydrazine groups is 1. The molecule has 0 unspecified atom stereocenters. The Morgan fingerprint density at radius 1 is 0.933 bits per heavy atom. The van der Waals surface area contributed by atoms with E-state index in [1.165, 1.54) is 48.7 Å². The van der Waals surface area contributed by atoms with Crippen molar-refractivity contribution in [3.05, 3.63) is 81.7 Å². The van der Waals surface area contributed by atoms with E-state index in [0.717, 1.165) is 6.07 Å². The summed E-state index contributed by atoms with van der Waals surface area (Å²) in [5.74, 6) is -0.931. The van der Waals surface area contributed by atoms with Crippen LogP contribution in [0.1, 0.15) is 26.5 Å². The Hall–Kier alpha value is -3.01. The number of halogens is 2. The van der Waals surface area contributed by atoms with E-state index in [1.54, 1.807) is 6.92 Å². The minimum absolute atomic E-state index is 0.0277. The molecule has 0 fully saturated rings. The minimum Gasteiger partial charge on any atom is -0.469 e. The van der Waals surface area contributed by atoms with Gasteiger partial charge in [0, 0.05) is 16.3 Å². The number of carbonyl (C=O) groups is 2. The molecule has 0 radical (unpaired) electrons. The van der Waals surface area contributed by atoms with Gasteiger partial charge in [0.05, 0.1) is 16.8 Å². The van der Waals surface area contributed by atoms with Gasteiger partial charge in [0.1, 0.15) is 10.7 Å². The van der Waals surface area contributed by atoms with Crippen molar-refractivity contribution in [2.75, 3.05) is 4.72 Å². The number of rotatable bonds is 5. The molecule has 0 aliphatic rings. The molecule has 0 bridgehead atoms. The zero-order valence-electron chi connectivity index (χ0n) is 15.4. The third kappa shape index (κ3) is 4.93. The Kier molecular flexibility index (Phi) is 6.35. The summed E-state index contributed by atoms with van der Waals surface area (Å²) >= 11 is 11.8. The normalized spacial score (nSPS) is 11.0. The Morgan fingerprint density at radius 3 is 2.23 bits per heavy atom. The average molecular weight is 468 g/mol. The van der Waals surface area contributed by atoms with Gasteiger partial charge in [0.25, 0.3) is 21.8 Å². The van der Waals surface area contributed by atoms with E-state index in [-0.39, 0.29) is 26.7 Å². The van der Waals surface area contributed by atoms with Crippen LogP contribution in [0.3, 0.4) is 0 Å². The smallest absolute Gasteiger partial charge is 0.273 e. The summed E-state index contributed by atoms with van der Waals surface area (Å²) in [5.41, 5.74) is 4.94. The second-order valence-electron chi connectivity index (χ2n) is 6.06. The number of hydrogen-bond donors (Lipinski definition) is 3. The molecule has 0 saturated carbocycles. The van der Waals surface area contributed by atoms with Crippen molar-refractivity contribution in [3.8, 4) is 0 Å². The van der Waals surface area contributed by atoms with Gasteiger partial charge in [-0.25, -0.2) is 8.42 Å². The minimum atomic E-state index is -4.09. The van der Waals surface area contributed by atoms with Crippen molar-refractivity contribution < 1.29 is 22.4 Å². The highest BCUT2D eigenvalue weighted by Gasteiger charge is 2.21. The highest BCUT2D eigenvalue weighted by molar-refractivity contribution is 7.92. The van der Waals surface area contributed by atoms with Gasteiger partial charge in [0.15, 0.2) is 0 Å². The number of amides is 2. The molecular formula is C19H15Cl2N3O5S. The second kappa shape index (κ2) is 8.78. The van der Waals surface area contributed by atoms with E-state index in [9.17, 15) is 18.0 Å². The Bertz CT molecular complexity index is 1210. The number of hydrogen-bond acceptors (Lipinski definition) is 5. The summed E-state index contributed by atoms with van der Waals surface area (Å²) in [6.07, 6.45) is 1.34. The van der Waals surface area contributed by atoms with Crippen LogP contribution in [0.5, 0.6) is 0 Å². The Morgan fingerprint density at radius 2 is 1.60 bits per heavy atom. The summed E-state index contributed by atoms with van der Waals surface area (Å²) in [7, 11) is -4.09. The van der Waals surface area contributed by atoms with Gasteiger partial charge in [-0.3, -0.25) is 25.2 Å². The molecule has 3 N–H and O–H groups in total. The van der Waals surface area contributed by atoms with Crippen LogP contribution in [0.25, 0.3) is 0 Å². The summed E-state index contributed by atoms with van der Waals surface area (Å²) in [5, 5.41) is 0.369. The monoisotopic (exact) mass is 467 g/mol. The number of nitrogens with one attached hydrogen (secondary N) is 3.